The molecule has 0 aliphatic heterocycles. The fourth-order valence-corrected chi connectivity index (χ4v) is 3.70. The van der Waals surface area contributed by atoms with Crippen molar-refractivity contribution in [3.63, 3.8) is 0 Å². The monoisotopic (exact) mass is 465 g/mol. The summed E-state index contributed by atoms with van der Waals surface area (Å²) in [5.74, 6) is 0.341. The van der Waals surface area contributed by atoms with Gasteiger partial charge in [0.15, 0.2) is 5.78 Å². The van der Waals surface area contributed by atoms with Gasteiger partial charge in [0, 0.05) is 17.5 Å². The van der Waals surface area contributed by atoms with E-state index in [1.165, 1.54) is 13.2 Å². The number of fused-ring (bicyclic) bond motifs is 1. The van der Waals surface area contributed by atoms with E-state index in [0.29, 0.717) is 28.9 Å². The SMILES string of the molecule is CCN(CC)CCOc1ccc2c(C)c(C(=O)OC)oc2c1C(=O)/C=C\c1ccc(OC)cc1. The number of ether oxygens (including phenoxy) is 3. The zero-order valence-electron chi connectivity index (χ0n) is 20.3. The number of methoxy groups -OCH3 is 2. The number of furan rings is 1. The quantitative estimate of drug-likeness (QED) is 0.220. The molecule has 0 spiro atoms. The maximum Gasteiger partial charge on any atom is 0.374 e. The Hall–Kier alpha value is -3.58. The molecule has 3 aromatic rings. The lowest BCUT2D eigenvalue weighted by molar-refractivity contribution is 0.0566. The molecule has 7 heteroatoms. The Morgan fingerprint density at radius 3 is 2.35 bits per heavy atom. The Morgan fingerprint density at radius 2 is 1.74 bits per heavy atom. The molecule has 0 fully saturated rings. The van der Waals surface area contributed by atoms with Gasteiger partial charge in [0.2, 0.25) is 5.76 Å². The summed E-state index contributed by atoms with van der Waals surface area (Å²) in [6.07, 6.45) is 3.20. The summed E-state index contributed by atoms with van der Waals surface area (Å²) in [7, 11) is 2.89. The standard InChI is InChI=1S/C27H31NO6/c1-6-28(7-2)16-17-33-23-15-13-21-18(3)25(27(30)32-5)34-26(21)24(23)22(29)14-10-19-8-11-20(31-4)12-9-19/h8-15H,6-7,16-17H2,1-5H3/b14-10-. The van der Waals surface area contributed by atoms with Gasteiger partial charge in [-0.2, -0.15) is 0 Å². The molecule has 7 nitrogen and oxygen atoms in total. The normalized spacial score (nSPS) is 11.4. The topological polar surface area (TPSA) is 78.2 Å². The summed E-state index contributed by atoms with van der Waals surface area (Å²) >= 11 is 0. The summed E-state index contributed by atoms with van der Waals surface area (Å²) in [6.45, 7) is 8.91. The highest BCUT2D eigenvalue weighted by Gasteiger charge is 2.24. The molecule has 0 amide bonds. The number of rotatable bonds is 11. The van der Waals surface area contributed by atoms with Gasteiger partial charge in [-0.1, -0.05) is 32.1 Å². The lowest BCUT2D eigenvalue weighted by Crippen LogP contribution is -2.28. The van der Waals surface area contributed by atoms with Crippen molar-refractivity contribution in [1.82, 2.24) is 4.90 Å². The van der Waals surface area contributed by atoms with Gasteiger partial charge in [-0.3, -0.25) is 4.79 Å². The Morgan fingerprint density at radius 1 is 1.03 bits per heavy atom. The maximum atomic E-state index is 13.4. The van der Waals surface area contributed by atoms with Gasteiger partial charge in [-0.15, -0.1) is 0 Å². The number of carbonyl (C=O) groups excluding carboxylic acids is 2. The fourth-order valence-electron chi connectivity index (χ4n) is 3.70. The first-order chi connectivity index (χ1) is 16.4. The molecule has 34 heavy (non-hydrogen) atoms. The van der Waals surface area contributed by atoms with Gasteiger partial charge in [-0.05, 0) is 55.9 Å². The average molecular weight is 466 g/mol. The zero-order valence-corrected chi connectivity index (χ0v) is 20.3. The molecule has 1 aromatic heterocycles. The zero-order chi connectivity index (χ0) is 24.7. The van der Waals surface area contributed by atoms with Gasteiger partial charge in [0.25, 0.3) is 0 Å². The van der Waals surface area contributed by atoms with Crippen LogP contribution in [-0.2, 0) is 4.74 Å². The smallest absolute Gasteiger partial charge is 0.374 e. The van der Waals surface area contributed by atoms with Crippen molar-refractivity contribution in [2.24, 2.45) is 0 Å². The molecule has 3 rings (SSSR count). The second-order valence-corrected chi connectivity index (χ2v) is 7.71. The highest BCUT2D eigenvalue weighted by molar-refractivity contribution is 6.16. The number of carbonyl (C=O) groups is 2. The molecule has 0 saturated carbocycles. The predicted molar refractivity (Wildman–Crippen MR) is 132 cm³/mol. The Kier molecular flexibility index (Phi) is 8.49. The van der Waals surface area contributed by atoms with Crippen molar-refractivity contribution in [2.45, 2.75) is 20.8 Å². The summed E-state index contributed by atoms with van der Waals surface area (Å²) in [5, 5.41) is 0.665. The number of esters is 1. The number of nitrogens with zero attached hydrogens (tertiary/aromatic N) is 1. The second-order valence-electron chi connectivity index (χ2n) is 7.71. The number of hydrogen-bond acceptors (Lipinski definition) is 7. The Bertz CT molecular complexity index is 1170. The van der Waals surface area contributed by atoms with Crippen LogP contribution >= 0.6 is 0 Å². The van der Waals surface area contributed by atoms with Crippen molar-refractivity contribution in [3.05, 3.63) is 64.9 Å². The minimum atomic E-state index is -0.593. The number of aryl methyl sites for hydroxylation is 1. The number of ketones is 1. The molecular weight excluding hydrogens is 434 g/mol. The van der Waals surface area contributed by atoms with Gasteiger partial charge in [-0.25, -0.2) is 4.79 Å². The van der Waals surface area contributed by atoms with E-state index in [-0.39, 0.29) is 17.1 Å². The largest absolute Gasteiger partial charge is 0.497 e. The molecule has 2 aromatic carbocycles. The summed E-state index contributed by atoms with van der Waals surface area (Å²) in [6, 6.07) is 10.9. The van der Waals surface area contributed by atoms with E-state index in [0.717, 1.165) is 30.9 Å². The van der Waals surface area contributed by atoms with Crippen molar-refractivity contribution in [3.8, 4) is 11.5 Å². The van der Waals surface area contributed by atoms with Crippen LogP contribution in [0, 0.1) is 6.92 Å². The average Bonchev–Trinajstić information content (AvgIpc) is 3.21. The van der Waals surface area contributed by atoms with Gasteiger partial charge < -0.3 is 23.5 Å². The van der Waals surface area contributed by atoms with Crippen LogP contribution in [-0.4, -0.2) is 57.1 Å². The molecule has 0 unspecified atom stereocenters. The van der Waals surface area contributed by atoms with Crippen molar-refractivity contribution < 1.29 is 28.2 Å². The molecule has 0 saturated heterocycles. The van der Waals surface area contributed by atoms with Crippen LogP contribution in [0.1, 0.15) is 45.9 Å². The minimum absolute atomic E-state index is 0.0750. The van der Waals surface area contributed by atoms with Gasteiger partial charge in [0.1, 0.15) is 29.3 Å². The third kappa shape index (κ3) is 5.48. The lowest BCUT2D eigenvalue weighted by Gasteiger charge is -2.18. The van der Waals surface area contributed by atoms with Crippen molar-refractivity contribution in [1.29, 1.82) is 0 Å². The number of allylic oxidation sites excluding steroid dienone is 1. The van der Waals surface area contributed by atoms with Crippen LogP contribution in [0.25, 0.3) is 17.0 Å². The van der Waals surface area contributed by atoms with Gasteiger partial charge in [0.05, 0.1) is 14.2 Å². The summed E-state index contributed by atoms with van der Waals surface area (Å²) in [4.78, 5) is 27.8. The number of likely N-dealkylation sites (N-methyl/N-ethyl adjacent to an activating group) is 1. The highest BCUT2D eigenvalue weighted by Crippen LogP contribution is 2.34. The molecule has 1 heterocycles. The van der Waals surface area contributed by atoms with Crippen LogP contribution in [0.5, 0.6) is 11.5 Å². The van der Waals surface area contributed by atoms with E-state index in [4.69, 9.17) is 18.6 Å². The molecule has 0 radical (unpaired) electrons. The number of benzene rings is 2. The molecule has 0 aliphatic rings. The lowest BCUT2D eigenvalue weighted by atomic mass is 10.0. The number of hydrogen-bond donors (Lipinski definition) is 0. The second kappa shape index (κ2) is 11.5. The first-order valence-electron chi connectivity index (χ1n) is 11.3. The highest BCUT2D eigenvalue weighted by atomic mass is 16.5. The maximum absolute atomic E-state index is 13.4. The van der Waals surface area contributed by atoms with E-state index in [1.807, 2.05) is 24.3 Å². The molecule has 0 bridgehead atoms. The first-order valence-corrected chi connectivity index (χ1v) is 11.3. The summed E-state index contributed by atoms with van der Waals surface area (Å²) < 4.78 is 21.9. The van der Waals surface area contributed by atoms with Gasteiger partial charge >= 0.3 is 5.97 Å². The van der Waals surface area contributed by atoms with Crippen LogP contribution < -0.4 is 9.47 Å². The molecular formula is C27H31NO6. The van der Waals surface area contributed by atoms with Crippen molar-refractivity contribution in [2.75, 3.05) is 40.5 Å². The first kappa shape index (κ1) is 25.1. The molecule has 0 N–H and O–H groups in total. The van der Waals surface area contributed by atoms with Crippen LogP contribution in [0.4, 0.5) is 0 Å². The third-order valence-electron chi connectivity index (χ3n) is 5.79. The van der Waals surface area contributed by atoms with Crippen LogP contribution in [0.2, 0.25) is 0 Å². The molecule has 180 valence electrons. The predicted octanol–water partition coefficient (Wildman–Crippen LogP) is 5.15. The van der Waals surface area contributed by atoms with E-state index >= 15 is 0 Å². The van der Waals surface area contributed by atoms with E-state index in [2.05, 4.69) is 18.7 Å². The summed E-state index contributed by atoms with van der Waals surface area (Å²) in [5.41, 5.74) is 2.05. The Balaban J connectivity index is 2.00. The van der Waals surface area contributed by atoms with Crippen molar-refractivity contribution >= 4 is 28.8 Å². The van der Waals surface area contributed by atoms with Crippen LogP contribution in [0.15, 0.2) is 46.9 Å². The van der Waals surface area contributed by atoms with E-state index < -0.39 is 5.97 Å². The fraction of sp³-hybridized carbons (Fsp3) is 0.333. The van der Waals surface area contributed by atoms with E-state index in [1.54, 1.807) is 32.2 Å². The third-order valence-corrected chi connectivity index (χ3v) is 5.79. The van der Waals surface area contributed by atoms with Crippen LogP contribution in [0.3, 0.4) is 0 Å². The van der Waals surface area contributed by atoms with E-state index in [9.17, 15) is 9.59 Å². The Labute approximate surface area is 199 Å². The minimum Gasteiger partial charge on any atom is -0.497 e. The molecule has 0 aliphatic carbocycles. The molecule has 0 atom stereocenters.